The van der Waals surface area contributed by atoms with Gasteiger partial charge in [-0.05, 0) is 39.0 Å². The highest BCUT2D eigenvalue weighted by Gasteiger charge is 2.37. The third-order valence-corrected chi connectivity index (χ3v) is 3.42. The van der Waals surface area contributed by atoms with E-state index in [2.05, 4.69) is 20.5 Å². The van der Waals surface area contributed by atoms with Gasteiger partial charge >= 0.3 is 18.4 Å². The molecule has 0 fully saturated rings. The number of H-pyrrole nitrogens is 1. The Kier molecular flexibility index (Phi) is 6.14. The molecule has 0 saturated carbocycles. The fraction of sp³-hybridized carbons (Fsp3) is 0.471. The zero-order valence-corrected chi connectivity index (χ0v) is 15.6. The average molecular weight is 424 g/mol. The molecule has 0 spiro atoms. The van der Waals surface area contributed by atoms with Gasteiger partial charge in [0.15, 0.2) is 5.82 Å². The predicted molar refractivity (Wildman–Crippen MR) is 89.8 cm³/mol. The maximum absolute atomic E-state index is 13.0. The molecule has 0 aliphatic carbocycles. The maximum Gasteiger partial charge on any atom is 0.416 e. The van der Waals surface area contributed by atoms with E-state index in [1.165, 1.54) is 0 Å². The van der Waals surface area contributed by atoms with Gasteiger partial charge in [0.2, 0.25) is 0 Å². The summed E-state index contributed by atoms with van der Waals surface area (Å²) in [5, 5.41) is 9.74. The van der Waals surface area contributed by atoms with E-state index in [0.29, 0.717) is 12.1 Å². The van der Waals surface area contributed by atoms with Crippen LogP contribution in [0.1, 0.15) is 37.7 Å². The smallest absolute Gasteiger partial charge is 0.416 e. The van der Waals surface area contributed by atoms with Crippen LogP contribution in [-0.4, -0.2) is 33.4 Å². The van der Waals surface area contributed by atoms with Gasteiger partial charge < -0.3 is 15.0 Å². The molecule has 2 N–H and O–H groups in total. The predicted octanol–water partition coefficient (Wildman–Crippen LogP) is 4.58. The zero-order chi connectivity index (χ0) is 22.0. The number of amides is 1. The van der Waals surface area contributed by atoms with Crippen LogP contribution in [0.2, 0.25) is 0 Å². The highest BCUT2D eigenvalue weighted by atomic mass is 19.4. The van der Waals surface area contributed by atoms with Gasteiger partial charge in [0.25, 0.3) is 0 Å². The second kappa shape index (κ2) is 7.91. The van der Waals surface area contributed by atoms with E-state index in [1.807, 2.05) is 0 Å². The van der Waals surface area contributed by atoms with Crippen LogP contribution < -0.4 is 5.32 Å². The summed E-state index contributed by atoms with van der Waals surface area (Å²) >= 11 is 0. The number of hydrogen-bond donors (Lipinski definition) is 2. The molecule has 1 amide bonds. The molecule has 12 heteroatoms. The number of aromatic nitrogens is 3. The lowest BCUT2D eigenvalue weighted by Gasteiger charge is -2.19. The van der Waals surface area contributed by atoms with E-state index >= 15 is 0 Å². The van der Waals surface area contributed by atoms with E-state index in [9.17, 15) is 31.1 Å². The largest absolute Gasteiger partial charge is 0.444 e. The molecule has 1 aromatic heterocycles. The molecule has 0 radical (unpaired) electrons. The molecule has 0 bridgehead atoms. The first kappa shape index (κ1) is 22.5. The summed E-state index contributed by atoms with van der Waals surface area (Å²) < 4.78 is 82.7. The van der Waals surface area contributed by atoms with Gasteiger partial charge in [-0.15, -0.1) is 10.2 Å². The lowest BCUT2D eigenvalue weighted by Crippen LogP contribution is -2.33. The van der Waals surface area contributed by atoms with Crippen molar-refractivity contribution in [1.29, 1.82) is 0 Å². The Morgan fingerprint density at radius 3 is 2.03 bits per heavy atom. The lowest BCUT2D eigenvalue weighted by atomic mass is 10.0. The highest BCUT2D eigenvalue weighted by Crippen LogP contribution is 2.38. The van der Waals surface area contributed by atoms with Gasteiger partial charge in [-0.1, -0.05) is 0 Å². The highest BCUT2D eigenvalue weighted by molar-refractivity contribution is 5.67. The molecule has 0 aliphatic heterocycles. The van der Waals surface area contributed by atoms with Crippen molar-refractivity contribution < 1.29 is 35.9 Å². The number of nitrogens with one attached hydrogen (secondary N) is 2. The Morgan fingerprint density at radius 2 is 1.55 bits per heavy atom. The first-order valence-corrected chi connectivity index (χ1v) is 8.33. The van der Waals surface area contributed by atoms with Crippen LogP contribution in [0.25, 0.3) is 11.4 Å². The minimum absolute atomic E-state index is 0.0333. The van der Waals surface area contributed by atoms with E-state index in [-0.39, 0.29) is 30.7 Å². The van der Waals surface area contributed by atoms with Gasteiger partial charge in [0, 0.05) is 18.5 Å². The molecule has 2 rings (SSSR count). The Balaban J connectivity index is 2.16. The summed E-state index contributed by atoms with van der Waals surface area (Å²) in [4.78, 5) is 14.1. The van der Waals surface area contributed by atoms with Crippen molar-refractivity contribution in [2.24, 2.45) is 0 Å². The molecular formula is C17H18F6N4O2. The van der Waals surface area contributed by atoms with Crippen molar-refractivity contribution >= 4 is 6.09 Å². The molecule has 1 aromatic carbocycles. The number of halogens is 6. The van der Waals surface area contributed by atoms with Crippen LogP contribution >= 0.6 is 0 Å². The molecule has 1 heterocycles. The molecular weight excluding hydrogens is 406 g/mol. The average Bonchev–Trinajstić information content (AvgIpc) is 3.00. The molecule has 0 atom stereocenters. The quantitative estimate of drug-likeness (QED) is 0.705. The van der Waals surface area contributed by atoms with Gasteiger partial charge in [0.1, 0.15) is 11.4 Å². The summed E-state index contributed by atoms with van der Waals surface area (Å²) in [6.07, 6.45) is -10.5. The summed E-state index contributed by atoms with van der Waals surface area (Å²) in [6, 6.07) is 1.14. The molecule has 0 saturated heterocycles. The number of hydrogen-bond acceptors (Lipinski definition) is 4. The summed E-state index contributed by atoms with van der Waals surface area (Å²) in [5.41, 5.74) is -4.01. The Labute approximate surface area is 161 Å². The third-order valence-electron chi connectivity index (χ3n) is 3.42. The Hall–Kier alpha value is -2.79. The number of carbonyl (C=O) groups excluding carboxylic acids is 1. The Bertz CT molecular complexity index is 836. The van der Waals surface area contributed by atoms with Gasteiger partial charge in [0.05, 0.1) is 11.1 Å². The van der Waals surface area contributed by atoms with Crippen molar-refractivity contribution in [3.63, 3.8) is 0 Å². The number of aromatic amines is 1. The monoisotopic (exact) mass is 424 g/mol. The van der Waals surface area contributed by atoms with E-state index in [1.54, 1.807) is 20.8 Å². The SMILES string of the molecule is CC(C)(C)OC(=O)NCCc1nnc(-c2cc(C(F)(F)F)cc(C(F)(F)F)c2)[nH]1. The van der Waals surface area contributed by atoms with Crippen molar-refractivity contribution in [3.8, 4) is 11.4 Å². The van der Waals surface area contributed by atoms with Crippen LogP contribution in [-0.2, 0) is 23.5 Å². The van der Waals surface area contributed by atoms with Crippen molar-refractivity contribution in [2.45, 2.75) is 45.1 Å². The van der Waals surface area contributed by atoms with Crippen molar-refractivity contribution in [1.82, 2.24) is 20.5 Å². The first-order valence-electron chi connectivity index (χ1n) is 8.33. The fourth-order valence-corrected chi connectivity index (χ4v) is 2.23. The van der Waals surface area contributed by atoms with Crippen LogP contribution in [0.4, 0.5) is 31.1 Å². The summed E-state index contributed by atoms with van der Waals surface area (Å²) in [5.74, 6) is -0.0871. The summed E-state index contributed by atoms with van der Waals surface area (Å²) in [6.45, 7) is 5.11. The number of benzene rings is 1. The normalized spacial score (nSPS) is 12.7. The topological polar surface area (TPSA) is 79.9 Å². The van der Waals surface area contributed by atoms with E-state index in [0.717, 1.165) is 0 Å². The second-order valence-corrected chi connectivity index (χ2v) is 7.09. The lowest BCUT2D eigenvalue weighted by molar-refractivity contribution is -0.143. The number of carbonyl (C=O) groups is 1. The molecule has 160 valence electrons. The Morgan fingerprint density at radius 1 is 1.00 bits per heavy atom. The standard InChI is InChI=1S/C17H18F6N4O2/c1-15(2,3)29-14(28)24-5-4-12-25-13(27-26-12)9-6-10(16(18,19)20)8-11(7-9)17(21,22)23/h6-8H,4-5H2,1-3H3,(H,24,28)(H,25,26,27). The van der Waals surface area contributed by atoms with Crippen molar-refractivity contribution in [2.75, 3.05) is 6.54 Å². The van der Waals surface area contributed by atoms with Crippen LogP contribution in [0, 0.1) is 0 Å². The molecule has 0 unspecified atom stereocenters. The summed E-state index contributed by atoms with van der Waals surface area (Å²) in [7, 11) is 0. The van der Waals surface area contributed by atoms with Gasteiger partial charge in [-0.3, -0.25) is 0 Å². The molecule has 29 heavy (non-hydrogen) atoms. The van der Waals surface area contributed by atoms with Gasteiger partial charge in [-0.2, -0.15) is 26.3 Å². The van der Waals surface area contributed by atoms with E-state index < -0.39 is 40.7 Å². The number of rotatable bonds is 4. The number of alkyl halides is 6. The van der Waals surface area contributed by atoms with Crippen LogP contribution in [0.3, 0.4) is 0 Å². The zero-order valence-electron chi connectivity index (χ0n) is 15.6. The fourth-order valence-electron chi connectivity index (χ4n) is 2.23. The number of alkyl carbamates (subject to hydrolysis) is 1. The van der Waals surface area contributed by atoms with E-state index in [4.69, 9.17) is 4.74 Å². The first-order chi connectivity index (χ1) is 13.1. The number of nitrogens with zero attached hydrogens (tertiary/aromatic N) is 2. The second-order valence-electron chi connectivity index (χ2n) is 7.09. The number of ether oxygens (including phenoxy) is 1. The minimum Gasteiger partial charge on any atom is -0.444 e. The maximum atomic E-state index is 13.0. The van der Waals surface area contributed by atoms with Crippen molar-refractivity contribution in [3.05, 3.63) is 35.2 Å². The van der Waals surface area contributed by atoms with Gasteiger partial charge in [-0.25, -0.2) is 4.79 Å². The minimum atomic E-state index is -4.96. The van der Waals surface area contributed by atoms with Crippen LogP contribution in [0.15, 0.2) is 18.2 Å². The molecule has 6 nitrogen and oxygen atoms in total. The van der Waals surface area contributed by atoms with Crippen LogP contribution in [0.5, 0.6) is 0 Å². The third kappa shape index (κ3) is 6.64. The molecule has 0 aliphatic rings. The molecule has 2 aromatic rings.